The molecular formula is C31H19ClN2. The average Bonchev–Trinajstić information content (AvgIpc) is 3.20. The van der Waals surface area contributed by atoms with E-state index in [0.717, 1.165) is 49.3 Å². The molecule has 0 radical (unpaired) electrons. The van der Waals surface area contributed by atoms with Crippen molar-refractivity contribution >= 4 is 55.1 Å². The lowest BCUT2D eigenvalue weighted by molar-refractivity contribution is 1.18. The molecule has 0 amide bonds. The topological polar surface area (TPSA) is 17.8 Å². The third-order valence-corrected chi connectivity index (χ3v) is 6.85. The van der Waals surface area contributed by atoms with Gasteiger partial charge in [-0.05, 0) is 41.8 Å². The molecule has 0 unspecified atom stereocenters. The average molecular weight is 455 g/mol. The number of nitrogens with zero attached hydrogens (tertiary/aromatic N) is 2. The molecule has 34 heavy (non-hydrogen) atoms. The predicted molar refractivity (Wildman–Crippen MR) is 144 cm³/mol. The third-order valence-electron chi connectivity index (χ3n) is 6.61. The number of hydrogen-bond acceptors (Lipinski definition) is 1. The van der Waals surface area contributed by atoms with Crippen molar-refractivity contribution in [3.63, 3.8) is 0 Å². The summed E-state index contributed by atoms with van der Waals surface area (Å²) in [4.78, 5) is 5.19. The van der Waals surface area contributed by atoms with Crippen LogP contribution in [0.5, 0.6) is 0 Å². The number of halogens is 1. The Morgan fingerprint density at radius 3 is 2.00 bits per heavy atom. The van der Waals surface area contributed by atoms with Gasteiger partial charge in [0.2, 0.25) is 0 Å². The first-order valence-corrected chi connectivity index (χ1v) is 11.7. The smallest absolute Gasteiger partial charge is 0.0788 e. The van der Waals surface area contributed by atoms with Crippen LogP contribution < -0.4 is 0 Å². The molecule has 3 heteroatoms. The van der Waals surface area contributed by atoms with Crippen LogP contribution in [0.15, 0.2) is 115 Å². The molecule has 0 saturated carbocycles. The molecule has 0 aliphatic rings. The Morgan fingerprint density at radius 1 is 0.529 bits per heavy atom. The number of para-hydroxylation sites is 1. The summed E-state index contributed by atoms with van der Waals surface area (Å²) in [5.41, 5.74) is 6.48. The Bertz CT molecular complexity index is 1850. The molecule has 7 rings (SSSR count). The van der Waals surface area contributed by atoms with E-state index in [1.165, 1.54) is 16.2 Å². The molecule has 2 heterocycles. The number of rotatable bonds is 2. The summed E-state index contributed by atoms with van der Waals surface area (Å²) < 4.78 is 2.30. The summed E-state index contributed by atoms with van der Waals surface area (Å²) in [6.45, 7) is 0. The minimum atomic E-state index is 0.729. The fraction of sp³-hybridized carbons (Fsp3) is 0. The van der Waals surface area contributed by atoms with Gasteiger partial charge in [-0.1, -0.05) is 90.5 Å². The van der Waals surface area contributed by atoms with Gasteiger partial charge in [-0.2, -0.15) is 0 Å². The fourth-order valence-electron chi connectivity index (χ4n) is 5.11. The van der Waals surface area contributed by atoms with E-state index < -0.39 is 0 Å². The van der Waals surface area contributed by atoms with Crippen LogP contribution in [-0.4, -0.2) is 9.55 Å². The Labute approximate surface area is 201 Å². The lowest BCUT2D eigenvalue weighted by Gasteiger charge is -2.12. The molecule has 2 nitrogen and oxygen atoms in total. The van der Waals surface area contributed by atoms with E-state index >= 15 is 0 Å². The summed E-state index contributed by atoms with van der Waals surface area (Å²) in [7, 11) is 0. The highest BCUT2D eigenvalue weighted by Gasteiger charge is 2.17. The second kappa shape index (κ2) is 7.44. The first-order valence-electron chi connectivity index (χ1n) is 11.3. The largest absolute Gasteiger partial charge is 0.309 e. The Hall–Kier alpha value is -4.14. The van der Waals surface area contributed by atoms with Gasteiger partial charge in [-0.15, -0.1) is 0 Å². The van der Waals surface area contributed by atoms with Crippen LogP contribution in [0.4, 0.5) is 0 Å². The highest BCUT2D eigenvalue weighted by molar-refractivity contribution is 6.32. The van der Waals surface area contributed by atoms with Gasteiger partial charge in [0.05, 0.1) is 22.2 Å². The van der Waals surface area contributed by atoms with Crippen LogP contribution in [0, 0.1) is 0 Å². The molecule has 0 aliphatic heterocycles. The van der Waals surface area contributed by atoms with Crippen molar-refractivity contribution < 1.29 is 0 Å². The van der Waals surface area contributed by atoms with Crippen molar-refractivity contribution in [3.05, 3.63) is 120 Å². The minimum Gasteiger partial charge on any atom is -0.309 e. The number of aromatic nitrogens is 2. The predicted octanol–water partition coefficient (Wildman–Crippen LogP) is 8.81. The highest BCUT2D eigenvalue weighted by atomic mass is 35.5. The van der Waals surface area contributed by atoms with Gasteiger partial charge in [0, 0.05) is 37.8 Å². The Morgan fingerprint density at radius 2 is 1.21 bits per heavy atom. The number of hydrogen-bond donors (Lipinski definition) is 0. The fourth-order valence-corrected chi connectivity index (χ4v) is 5.28. The first-order chi connectivity index (χ1) is 16.8. The van der Waals surface area contributed by atoms with Crippen molar-refractivity contribution in [2.75, 3.05) is 0 Å². The van der Waals surface area contributed by atoms with Crippen LogP contribution in [-0.2, 0) is 0 Å². The Kier molecular flexibility index (Phi) is 4.23. The van der Waals surface area contributed by atoms with Crippen LogP contribution in [0.1, 0.15) is 0 Å². The van der Waals surface area contributed by atoms with Gasteiger partial charge in [-0.3, -0.25) is 0 Å². The molecule has 0 aliphatic carbocycles. The standard InChI is InChI=1S/C31H19ClN2/c32-21-15-16-24-27-18-28-26(19-30(27)34(29(24)17-21)22-11-5-2-6-12-22)23-13-7-8-14-25(23)31(33-28)20-9-3-1-4-10-20/h1-19H. The SMILES string of the molecule is Clc1ccc2c3cc4nc(-c5ccccc5)c5ccccc5c4cc3n(-c3ccccc3)c2c1. The third kappa shape index (κ3) is 2.86. The molecule has 0 bridgehead atoms. The number of pyridine rings is 1. The van der Waals surface area contributed by atoms with E-state index in [-0.39, 0.29) is 0 Å². The van der Waals surface area contributed by atoms with Crippen LogP contribution in [0.25, 0.3) is 60.4 Å². The summed E-state index contributed by atoms with van der Waals surface area (Å²) in [6, 6.07) is 40.1. The monoisotopic (exact) mass is 454 g/mol. The quantitative estimate of drug-likeness (QED) is 0.238. The van der Waals surface area contributed by atoms with Gasteiger partial charge in [0.1, 0.15) is 0 Å². The van der Waals surface area contributed by atoms with Crippen molar-refractivity contribution in [2.24, 2.45) is 0 Å². The highest BCUT2D eigenvalue weighted by Crippen LogP contribution is 2.39. The summed E-state index contributed by atoms with van der Waals surface area (Å²) in [5, 5.41) is 6.58. The molecular weight excluding hydrogens is 436 g/mol. The van der Waals surface area contributed by atoms with Gasteiger partial charge >= 0.3 is 0 Å². The lowest BCUT2D eigenvalue weighted by Crippen LogP contribution is -1.94. The second-order valence-corrected chi connectivity index (χ2v) is 9.03. The summed E-state index contributed by atoms with van der Waals surface area (Å²) in [6.07, 6.45) is 0. The lowest BCUT2D eigenvalue weighted by atomic mass is 9.99. The molecule has 0 spiro atoms. The Balaban J connectivity index is 1.67. The van der Waals surface area contributed by atoms with Gasteiger partial charge < -0.3 is 4.57 Å². The molecule has 7 aromatic rings. The van der Waals surface area contributed by atoms with Crippen molar-refractivity contribution in [1.29, 1.82) is 0 Å². The molecule has 0 atom stereocenters. The zero-order valence-corrected chi connectivity index (χ0v) is 19.0. The summed E-state index contributed by atoms with van der Waals surface area (Å²) >= 11 is 6.45. The second-order valence-electron chi connectivity index (χ2n) is 8.59. The van der Waals surface area contributed by atoms with Gasteiger partial charge in [0.15, 0.2) is 0 Å². The molecule has 160 valence electrons. The van der Waals surface area contributed by atoms with Crippen molar-refractivity contribution in [2.45, 2.75) is 0 Å². The van der Waals surface area contributed by atoms with Gasteiger partial charge in [-0.25, -0.2) is 4.98 Å². The number of benzene rings is 5. The van der Waals surface area contributed by atoms with E-state index in [0.29, 0.717) is 0 Å². The molecule has 0 N–H and O–H groups in total. The normalized spacial score (nSPS) is 11.7. The van der Waals surface area contributed by atoms with Gasteiger partial charge in [0.25, 0.3) is 0 Å². The van der Waals surface area contributed by atoms with Crippen molar-refractivity contribution in [1.82, 2.24) is 9.55 Å². The van der Waals surface area contributed by atoms with Crippen LogP contribution >= 0.6 is 11.6 Å². The van der Waals surface area contributed by atoms with E-state index in [9.17, 15) is 0 Å². The molecule has 0 fully saturated rings. The maximum atomic E-state index is 6.45. The zero-order valence-electron chi connectivity index (χ0n) is 18.2. The van der Waals surface area contributed by atoms with E-state index in [4.69, 9.17) is 16.6 Å². The van der Waals surface area contributed by atoms with E-state index in [1.54, 1.807) is 0 Å². The zero-order chi connectivity index (χ0) is 22.6. The molecule has 2 aromatic heterocycles. The van der Waals surface area contributed by atoms with Crippen LogP contribution in [0.3, 0.4) is 0 Å². The van der Waals surface area contributed by atoms with Crippen LogP contribution in [0.2, 0.25) is 5.02 Å². The molecule has 0 saturated heterocycles. The first kappa shape index (κ1) is 19.3. The number of fused-ring (bicyclic) bond motifs is 6. The van der Waals surface area contributed by atoms with E-state index in [1.807, 2.05) is 18.2 Å². The maximum Gasteiger partial charge on any atom is 0.0788 e. The van der Waals surface area contributed by atoms with E-state index in [2.05, 4.69) is 102 Å². The maximum absolute atomic E-state index is 6.45. The summed E-state index contributed by atoms with van der Waals surface area (Å²) in [5.74, 6) is 0. The van der Waals surface area contributed by atoms with Crippen molar-refractivity contribution in [3.8, 4) is 16.9 Å². The minimum absolute atomic E-state index is 0.729. The molecule has 5 aromatic carbocycles.